The summed E-state index contributed by atoms with van der Waals surface area (Å²) >= 11 is 0. The van der Waals surface area contributed by atoms with Crippen LogP contribution in [0.3, 0.4) is 0 Å². The van der Waals surface area contributed by atoms with Gasteiger partial charge in [-0.25, -0.2) is 4.39 Å². The first-order valence-corrected chi connectivity index (χ1v) is 8.59. The fourth-order valence-corrected chi connectivity index (χ4v) is 2.96. The highest BCUT2D eigenvalue weighted by atomic mass is 19.1. The van der Waals surface area contributed by atoms with E-state index >= 15 is 0 Å². The van der Waals surface area contributed by atoms with Crippen molar-refractivity contribution in [3.05, 3.63) is 53.8 Å². The number of rotatable bonds is 5. The van der Waals surface area contributed by atoms with E-state index in [1.54, 1.807) is 36.4 Å². The van der Waals surface area contributed by atoms with Crippen LogP contribution in [0.15, 0.2) is 42.5 Å². The van der Waals surface area contributed by atoms with Crippen LogP contribution in [-0.4, -0.2) is 57.3 Å². The molecule has 0 aliphatic carbocycles. The van der Waals surface area contributed by atoms with Crippen molar-refractivity contribution in [2.45, 2.75) is 6.10 Å². The highest BCUT2D eigenvalue weighted by Gasteiger charge is 2.18. The summed E-state index contributed by atoms with van der Waals surface area (Å²) < 4.78 is 24.4. The van der Waals surface area contributed by atoms with Crippen LogP contribution in [0.4, 0.5) is 4.39 Å². The van der Waals surface area contributed by atoms with Gasteiger partial charge in [-0.05, 0) is 42.4 Å². The summed E-state index contributed by atoms with van der Waals surface area (Å²) in [6.07, 6.45) is 0.0132. The van der Waals surface area contributed by atoms with Gasteiger partial charge in [-0.2, -0.15) is 0 Å². The number of nitrogens with zero attached hydrogens (tertiary/aromatic N) is 1. The second-order valence-electron chi connectivity index (χ2n) is 6.39. The minimum absolute atomic E-state index is 0.0132. The number of hydrogen-bond acceptors (Lipinski definition) is 4. The monoisotopic (exact) mass is 358 g/mol. The summed E-state index contributed by atoms with van der Waals surface area (Å²) in [4.78, 5) is 14.5. The number of morpholine rings is 1. The van der Waals surface area contributed by atoms with Gasteiger partial charge >= 0.3 is 0 Å². The van der Waals surface area contributed by atoms with Gasteiger partial charge in [-0.3, -0.25) is 4.79 Å². The van der Waals surface area contributed by atoms with Gasteiger partial charge in [0.05, 0.1) is 19.8 Å². The van der Waals surface area contributed by atoms with E-state index < -0.39 is 5.82 Å². The van der Waals surface area contributed by atoms with Crippen LogP contribution in [0.25, 0.3) is 11.1 Å². The van der Waals surface area contributed by atoms with Crippen molar-refractivity contribution in [2.24, 2.45) is 0 Å². The van der Waals surface area contributed by atoms with E-state index in [0.717, 1.165) is 24.2 Å². The molecule has 0 unspecified atom stereocenters. The maximum atomic E-state index is 13.8. The summed E-state index contributed by atoms with van der Waals surface area (Å²) in [6.45, 7) is 2.89. The molecule has 26 heavy (non-hydrogen) atoms. The Bertz CT molecular complexity index is 764. The molecule has 1 amide bonds. The van der Waals surface area contributed by atoms with Gasteiger partial charge in [0.1, 0.15) is 0 Å². The van der Waals surface area contributed by atoms with Crippen LogP contribution in [-0.2, 0) is 4.74 Å². The number of carbonyl (C=O) groups is 1. The standard InChI is InChI=1S/C20H23FN2O3/c1-23-9-10-26-17(13-23)12-22-20(24)15-5-3-14(4-6-15)16-7-8-19(25-2)18(21)11-16/h3-8,11,17H,9-10,12-13H2,1-2H3,(H,22,24)/t17-/m0/s1. The fourth-order valence-electron chi connectivity index (χ4n) is 2.96. The lowest BCUT2D eigenvalue weighted by Gasteiger charge is -2.30. The second-order valence-corrected chi connectivity index (χ2v) is 6.39. The van der Waals surface area contributed by atoms with Crippen molar-refractivity contribution in [1.29, 1.82) is 0 Å². The molecule has 5 nitrogen and oxygen atoms in total. The lowest BCUT2D eigenvalue weighted by atomic mass is 10.0. The molecular weight excluding hydrogens is 335 g/mol. The number of hydrogen-bond donors (Lipinski definition) is 1. The summed E-state index contributed by atoms with van der Waals surface area (Å²) in [5.41, 5.74) is 2.13. The topological polar surface area (TPSA) is 50.8 Å². The molecule has 2 aromatic carbocycles. The Hall–Kier alpha value is -2.44. The van der Waals surface area contributed by atoms with Crippen LogP contribution >= 0.6 is 0 Å². The largest absolute Gasteiger partial charge is 0.494 e. The number of carbonyl (C=O) groups excluding carboxylic acids is 1. The number of nitrogens with one attached hydrogen (secondary N) is 1. The minimum atomic E-state index is -0.413. The number of benzene rings is 2. The molecule has 1 saturated heterocycles. The van der Waals surface area contributed by atoms with Crippen molar-refractivity contribution in [2.75, 3.05) is 40.4 Å². The first kappa shape index (κ1) is 18.4. The molecule has 1 heterocycles. The van der Waals surface area contributed by atoms with Crippen LogP contribution < -0.4 is 10.1 Å². The van der Waals surface area contributed by atoms with Crippen LogP contribution in [0.5, 0.6) is 5.75 Å². The molecule has 1 aliphatic rings. The van der Waals surface area contributed by atoms with E-state index in [2.05, 4.69) is 10.2 Å². The minimum Gasteiger partial charge on any atom is -0.494 e. The third-order valence-corrected chi connectivity index (χ3v) is 4.46. The quantitative estimate of drug-likeness (QED) is 0.893. The van der Waals surface area contributed by atoms with Crippen molar-refractivity contribution in [3.63, 3.8) is 0 Å². The van der Waals surface area contributed by atoms with Crippen LogP contribution in [0.2, 0.25) is 0 Å². The van der Waals surface area contributed by atoms with Crippen molar-refractivity contribution in [1.82, 2.24) is 10.2 Å². The molecular formula is C20H23FN2O3. The zero-order valence-electron chi connectivity index (χ0n) is 15.0. The van der Waals surface area contributed by atoms with Gasteiger partial charge in [0, 0.05) is 25.2 Å². The highest BCUT2D eigenvalue weighted by molar-refractivity contribution is 5.94. The van der Waals surface area contributed by atoms with E-state index in [1.807, 2.05) is 7.05 Å². The predicted octanol–water partition coefficient (Wildman–Crippen LogP) is 2.56. The third-order valence-electron chi connectivity index (χ3n) is 4.46. The molecule has 0 saturated carbocycles. The summed E-state index contributed by atoms with van der Waals surface area (Å²) in [6, 6.07) is 11.9. The zero-order chi connectivity index (χ0) is 18.5. The number of ether oxygens (including phenoxy) is 2. The van der Waals surface area contributed by atoms with Gasteiger partial charge in [0.15, 0.2) is 11.6 Å². The Balaban J connectivity index is 1.61. The number of halogens is 1. The Morgan fingerprint density at radius 3 is 2.65 bits per heavy atom. The molecule has 3 rings (SSSR count). The van der Waals surface area contributed by atoms with Gasteiger partial charge in [-0.15, -0.1) is 0 Å². The van der Waals surface area contributed by atoms with Gasteiger partial charge in [0.2, 0.25) is 0 Å². The Kier molecular flexibility index (Phi) is 5.85. The highest BCUT2D eigenvalue weighted by Crippen LogP contribution is 2.25. The molecule has 1 aliphatic heterocycles. The average molecular weight is 358 g/mol. The number of methoxy groups -OCH3 is 1. The van der Waals surface area contributed by atoms with E-state index in [-0.39, 0.29) is 17.8 Å². The molecule has 0 bridgehead atoms. The molecule has 2 aromatic rings. The fraction of sp³-hybridized carbons (Fsp3) is 0.350. The van der Waals surface area contributed by atoms with Gasteiger partial charge < -0.3 is 19.7 Å². The van der Waals surface area contributed by atoms with E-state index in [9.17, 15) is 9.18 Å². The average Bonchev–Trinajstić information content (AvgIpc) is 2.66. The van der Waals surface area contributed by atoms with E-state index in [1.165, 1.54) is 13.2 Å². The van der Waals surface area contributed by atoms with Crippen molar-refractivity contribution in [3.8, 4) is 16.9 Å². The Labute approximate surface area is 152 Å². The molecule has 1 atom stereocenters. The molecule has 1 fully saturated rings. The molecule has 138 valence electrons. The third kappa shape index (κ3) is 4.39. The maximum Gasteiger partial charge on any atom is 0.251 e. The Morgan fingerprint density at radius 1 is 1.27 bits per heavy atom. The lowest BCUT2D eigenvalue weighted by Crippen LogP contribution is -2.45. The maximum absolute atomic E-state index is 13.8. The first-order valence-electron chi connectivity index (χ1n) is 8.59. The summed E-state index contributed by atoms with van der Waals surface area (Å²) in [7, 11) is 3.47. The lowest BCUT2D eigenvalue weighted by molar-refractivity contribution is -0.0175. The second kappa shape index (κ2) is 8.29. The van der Waals surface area contributed by atoms with Crippen LogP contribution in [0.1, 0.15) is 10.4 Å². The SMILES string of the molecule is COc1ccc(-c2ccc(C(=O)NC[C@H]3CN(C)CCO3)cc2)cc1F. The summed E-state index contributed by atoms with van der Waals surface area (Å²) in [5, 5.41) is 2.91. The first-order chi connectivity index (χ1) is 12.6. The van der Waals surface area contributed by atoms with E-state index in [4.69, 9.17) is 9.47 Å². The van der Waals surface area contributed by atoms with Crippen molar-refractivity contribution >= 4 is 5.91 Å². The number of amides is 1. The predicted molar refractivity (Wildman–Crippen MR) is 98.0 cm³/mol. The smallest absolute Gasteiger partial charge is 0.251 e. The Morgan fingerprint density at radius 2 is 2.00 bits per heavy atom. The normalized spacial score (nSPS) is 17.7. The zero-order valence-corrected chi connectivity index (χ0v) is 15.0. The van der Waals surface area contributed by atoms with Crippen molar-refractivity contribution < 1.29 is 18.7 Å². The van der Waals surface area contributed by atoms with Crippen LogP contribution in [0, 0.1) is 5.82 Å². The van der Waals surface area contributed by atoms with E-state index in [0.29, 0.717) is 18.7 Å². The molecule has 0 spiro atoms. The molecule has 0 aromatic heterocycles. The molecule has 1 N–H and O–H groups in total. The summed E-state index contributed by atoms with van der Waals surface area (Å²) in [5.74, 6) is -0.348. The van der Waals surface area contributed by atoms with Gasteiger partial charge in [-0.1, -0.05) is 18.2 Å². The molecule has 6 heteroatoms. The number of likely N-dealkylation sites (N-methyl/N-ethyl adjacent to an activating group) is 1. The van der Waals surface area contributed by atoms with Gasteiger partial charge in [0.25, 0.3) is 5.91 Å². The molecule has 0 radical (unpaired) electrons.